The van der Waals surface area contributed by atoms with E-state index >= 15 is 0 Å². The van der Waals surface area contributed by atoms with Crippen molar-refractivity contribution in [3.8, 4) is 0 Å². The molecule has 0 bridgehead atoms. The van der Waals surface area contributed by atoms with Crippen LogP contribution in [0, 0.1) is 0 Å². The number of nitrogens with zero attached hydrogens (tertiary/aromatic N) is 1. The number of ether oxygens (including phenoxy) is 1. The molecule has 104 valence electrons. The first-order valence-electron chi connectivity index (χ1n) is 6.67. The van der Waals surface area contributed by atoms with Gasteiger partial charge in [-0.2, -0.15) is 0 Å². The molecule has 4 heteroatoms. The smallest absolute Gasteiger partial charge is 0.337 e. The van der Waals surface area contributed by atoms with Crippen LogP contribution >= 0.6 is 0 Å². The van der Waals surface area contributed by atoms with E-state index in [1.54, 1.807) is 6.07 Å². The summed E-state index contributed by atoms with van der Waals surface area (Å²) < 4.78 is 6.02. The predicted molar refractivity (Wildman–Crippen MR) is 72.3 cm³/mol. The number of aromatic nitrogens is 1. The molecule has 2 rings (SSSR count). The maximum absolute atomic E-state index is 11.4. The van der Waals surface area contributed by atoms with Gasteiger partial charge in [-0.15, -0.1) is 0 Å². The Balaban J connectivity index is 2.68. The Bertz CT molecular complexity index is 532. The molecule has 1 N–H and O–H groups in total. The number of carbonyl (C=O) groups is 1. The fourth-order valence-electron chi connectivity index (χ4n) is 2.82. The van der Waals surface area contributed by atoms with E-state index in [2.05, 4.69) is 4.98 Å². The van der Waals surface area contributed by atoms with E-state index in [4.69, 9.17) is 4.74 Å². The zero-order valence-electron chi connectivity index (χ0n) is 12.2. The summed E-state index contributed by atoms with van der Waals surface area (Å²) in [5.74, 6) is -0.917. The first-order chi connectivity index (χ1) is 8.69. The van der Waals surface area contributed by atoms with Gasteiger partial charge in [0.2, 0.25) is 0 Å². The SMILES string of the molecule is CCCc1nc2c(cc1C(=O)O)C(C)(C)OC2(C)C. The molecule has 0 aliphatic carbocycles. The van der Waals surface area contributed by atoms with Crippen LogP contribution in [0.2, 0.25) is 0 Å². The van der Waals surface area contributed by atoms with Crippen LogP contribution in [0.4, 0.5) is 0 Å². The third-order valence-electron chi connectivity index (χ3n) is 3.55. The molecule has 19 heavy (non-hydrogen) atoms. The van der Waals surface area contributed by atoms with Gasteiger partial charge in [0.1, 0.15) is 5.60 Å². The Hall–Kier alpha value is -1.42. The maximum atomic E-state index is 11.4. The Labute approximate surface area is 113 Å². The fraction of sp³-hybridized carbons (Fsp3) is 0.600. The van der Waals surface area contributed by atoms with Crippen molar-refractivity contribution in [2.24, 2.45) is 0 Å². The normalized spacial score (nSPS) is 19.2. The van der Waals surface area contributed by atoms with Crippen LogP contribution in [-0.4, -0.2) is 16.1 Å². The second kappa shape index (κ2) is 4.30. The number of hydrogen-bond acceptors (Lipinski definition) is 3. The van der Waals surface area contributed by atoms with E-state index in [-0.39, 0.29) is 0 Å². The van der Waals surface area contributed by atoms with Crippen molar-refractivity contribution in [2.75, 3.05) is 0 Å². The molecule has 0 atom stereocenters. The topological polar surface area (TPSA) is 59.4 Å². The number of aromatic carboxylic acids is 1. The lowest BCUT2D eigenvalue weighted by atomic mass is 9.92. The predicted octanol–water partition coefficient (Wildman–Crippen LogP) is 3.23. The number of aryl methyl sites for hydroxylation is 1. The van der Waals surface area contributed by atoms with Gasteiger partial charge in [-0.1, -0.05) is 13.3 Å². The summed E-state index contributed by atoms with van der Waals surface area (Å²) in [5.41, 5.74) is 1.73. The minimum atomic E-state index is -0.917. The molecule has 2 heterocycles. The molecule has 0 spiro atoms. The van der Waals surface area contributed by atoms with Crippen LogP contribution in [0.5, 0.6) is 0 Å². The standard InChI is InChI=1S/C15H21NO3/c1-6-7-11-9(13(17)18)8-10-12(16-11)15(4,5)19-14(10,2)3/h8H,6-7H2,1-5H3,(H,17,18). The third-order valence-corrected chi connectivity index (χ3v) is 3.55. The van der Waals surface area contributed by atoms with E-state index in [0.717, 1.165) is 17.7 Å². The Morgan fingerprint density at radius 3 is 2.47 bits per heavy atom. The second-order valence-electron chi connectivity index (χ2n) is 6.06. The summed E-state index contributed by atoms with van der Waals surface area (Å²) in [4.78, 5) is 16.0. The van der Waals surface area contributed by atoms with Crippen LogP contribution < -0.4 is 0 Å². The molecule has 0 unspecified atom stereocenters. The van der Waals surface area contributed by atoms with E-state index in [1.807, 2.05) is 34.6 Å². The van der Waals surface area contributed by atoms with Crippen LogP contribution in [0.1, 0.15) is 68.3 Å². The van der Waals surface area contributed by atoms with Crippen molar-refractivity contribution in [1.82, 2.24) is 4.98 Å². The Kier molecular flexibility index (Phi) is 3.17. The fourth-order valence-corrected chi connectivity index (χ4v) is 2.82. The highest BCUT2D eigenvalue weighted by molar-refractivity contribution is 5.89. The third kappa shape index (κ3) is 2.25. The number of fused-ring (bicyclic) bond motifs is 1. The summed E-state index contributed by atoms with van der Waals surface area (Å²) in [7, 11) is 0. The number of rotatable bonds is 3. The van der Waals surface area contributed by atoms with E-state index < -0.39 is 17.2 Å². The number of pyridine rings is 1. The van der Waals surface area contributed by atoms with Gasteiger partial charge >= 0.3 is 5.97 Å². The zero-order valence-corrected chi connectivity index (χ0v) is 12.2. The summed E-state index contributed by atoms with van der Waals surface area (Å²) in [5, 5.41) is 9.34. The van der Waals surface area contributed by atoms with E-state index in [9.17, 15) is 9.90 Å². The quantitative estimate of drug-likeness (QED) is 0.909. The van der Waals surface area contributed by atoms with Crippen LogP contribution in [0.15, 0.2) is 6.07 Å². The molecule has 0 saturated carbocycles. The molecule has 1 aliphatic rings. The minimum Gasteiger partial charge on any atom is -0.478 e. The van der Waals surface area contributed by atoms with Gasteiger partial charge in [0.25, 0.3) is 0 Å². The molecule has 0 radical (unpaired) electrons. The van der Waals surface area contributed by atoms with E-state index in [0.29, 0.717) is 17.7 Å². The average Bonchev–Trinajstić information content (AvgIpc) is 2.44. The minimum absolute atomic E-state index is 0.301. The Morgan fingerprint density at radius 1 is 1.32 bits per heavy atom. The van der Waals surface area contributed by atoms with Crippen LogP contribution in [0.25, 0.3) is 0 Å². The van der Waals surface area contributed by atoms with Gasteiger partial charge in [-0.25, -0.2) is 4.79 Å². The molecule has 0 aromatic carbocycles. The average molecular weight is 263 g/mol. The highest BCUT2D eigenvalue weighted by atomic mass is 16.5. The molecular formula is C15H21NO3. The largest absolute Gasteiger partial charge is 0.478 e. The van der Waals surface area contributed by atoms with Gasteiger partial charge in [0.15, 0.2) is 0 Å². The lowest BCUT2D eigenvalue weighted by Crippen LogP contribution is -2.22. The molecule has 0 saturated heterocycles. The molecule has 1 aromatic rings. The molecule has 1 aromatic heterocycles. The van der Waals surface area contributed by atoms with Crippen LogP contribution in [0.3, 0.4) is 0 Å². The van der Waals surface area contributed by atoms with Gasteiger partial charge in [-0.05, 0) is 40.2 Å². The number of carboxylic acid groups (broad SMARTS) is 1. The Morgan fingerprint density at radius 2 is 1.95 bits per heavy atom. The van der Waals surface area contributed by atoms with Crippen molar-refractivity contribution < 1.29 is 14.6 Å². The first kappa shape index (κ1) is 14.0. The molecule has 1 aliphatic heterocycles. The second-order valence-corrected chi connectivity index (χ2v) is 6.06. The van der Waals surface area contributed by atoms with Crippen molar-refractivity contribution in [2.45, 2.75) is 58.7 Å². The van der Waals surface area contributed by atoms with E-state index in [1.165, 1.54) is 0 Å². The van der Waals surface area contributed by atoms with Crippen LogP contribution in [-0.2, 0) is 22.4 Å². The van der Waals surface area contributed by atoms with Gasteiger partial charge in [0, 0.05) is 5.56 Å². The van der Waals surface area contributed by atoms with Gasteiger partial charge in [-0.3, -0.25) is 4.98 Å². The summed E-state index contributed by atoms with van der Waals surface area (Å²) in [6, 6.07) is 1.74. The maximum Gasteiger partial charge on any atom is 0.337 e. The highest BCUT2D eigenvalue weighted by Crippen LogP contribution is 2.46. The lowest BCUT2D eigenvalue weighted by Gasteiger charge is -2.24. The molecule has 0 fully saturated rings. The number of hydrogen-bond donors (Lipinski definition) is 1. The monoisotopic (exact) mass is 263 g/mol. The summed E-state index contributed by atoms with van der Waals surface area (Å²) in [6.07, 6.45) is 1.54. The molecule has 4 nitrogen and oxygen atoms in total. The summed E-state index contributed by atoms with van der Waals surface area (Å²) in [6.45, 7) is 9.88. The van der Waals surface area contributed by atoms with Crippen molar-refractivity contribution >= 4 is 5.97 Å². The van der Waals surface area contributed by atoms with Crippen molar-refractivity contribution in [3.63, 3.8) is 0 Å². The molecular weight excluding hydrogens is 242 g/mol. The van der Waals surface area contributed by atoms with Gasteiger partial charge in [0.05, 0.1) is 22.6 Å². The lowest BCUT2D eigenvalue weighted by molar-refractivity contribution is -0.106. The summed E-state index contributed by atoms with van der Waals surface area (Å²) >= 11 is 0. The van der Waals surface area contributed by atoms with Crippen molar-refractivity contribution in [1.29, 1.82) is 0 Å². The highest BCUT2D eigenvalue weighted by Gasteiger charge is 2.45. The molecule has 0 amide bonds. The zero-order chi connectivity index (χ0) is 14.4. The van der Waals surface area contributed by atoms with Gasteiger partial charge < -0.3 is 9.84 Å². The first-order valence-corrected chi connectivity index (χ1v) is 6.67. The number of carboxylic acids is 1. The van der Waals surface area contributed by atoms with Crippen molar-refractivity contribution in [3.05, 3.63) is 28.6 Å².